The van der Waals surface area contributed by atoms with Crippen molar-refractivity contribution >= 4 is 40.9 Å². The third-order valence-corrected chi connectivity index (χ3v) is 5.64. The summed E-state index contributed by atoms with van der Waals surface area (Å²) in [5.74, 6) is 1.50. The lowest BCUT2D eigenvalue weighted by molar-refractivity contribution is -0.133. The monoisotopic (exact) mass is 367 g/mol. The smallest absolute Gasteiger partial charge is 0.261 e. The van der Waals surface area contributed by atoms with Crippen LogP contribution in [-0.4, -0.2) is 29.7 Å². The maximum Gasteiger partial charge on any atom is 0.261 e. The number of benzene rings is 2. The van der Waals surface area contributed by atoms with Crippen LogP contribution >= 0.6 is 35.0 Å². The van der Waals surface area contributed by atoms with E-state index in [-0.39, 0.29) is 17.9 Å². The molecule has 2 aromatic rings. The molecule has 1 atom stereocenters. The summed E-state index contributed by atoms with van der Waals surface area (Å²) in [5, 5.41) is 0.896. The molecule has 0 aliphatic carbocycles. The van der Waals surface area contributed by atoms with E-state index in [0.717, 1.165) is 11.3 Å². The van der Waals surface area contributed by atoms with Gasteiger partial charge < -0.3 is 9.64 Å². The van der Waals surface area contributed by atoms with E-state index in [4.69, 9.17) is 27.9 Å². The zero-order chi connectivity index (χ0) is 16.2. The van der Waals surface area contributed by atoms with Crippen LogP contribution in [-0.2, 0) is 4.79 Å². The molecule has 1 fully saturated rings. The van der Waals surface area contributed by atoms with E-state index >= 15 is 0 Å². The van der Waals surface area contributed by atoms with E-state index in [1.807, 2.05) is 42.5 Å². The summed E-state index contributed by atoms with van der Waals surface area (Å²) >= 11 is 14.1. The number of halogens is 2. The van der Waals surface area contributed by atoms with Gasteiger partial charge >= 0.3 is 0 Å². The van der Waals surface area contributed by atoms with E-state index < -0.39 is 0 Å². The minimum absolute atomic E-state index is 0.0132. The number of thioether (sulfide) groups is 1. The van der Waals surface area contributed by atoms with Crippen molar-refractivity contribution in [2.45, 2.75) is 5.37 Å². The molecule has 1 aliphatic rings. The fraction of sp³-hybridized carbons (Fsp3) is 0.235. The average Bonchev–Trinajstić information content (AvgIpc) is 3.05. The van der Waals surface area contributed by atoms with Crippen LogP contribution in [0.4, 0.5) is 0 Å². The molecule has 0 spiro atoms. The quantitative estimate of drug-likeness (QED) is 0.787. The number of hydrogen-bond acceptors (Lipinski definition) is 3. The molecule has 23 heavy (non-hydrogen) atoms. The summed E-state index contributed by atoms with van der Waals surface area (Å²) in [6, 6.07) is 14.8. The van der Waals surface area contributed by atoms with Crippen molar-refractivity contribution in [3.63, 3.8) is 0 Å². The lowest BCUT2D eigenvalue weighted by Crippen LogP contribution is -2.34. The minimum atomic E-state index is -0.118. The van der Waals surface area contributed by atoms with E-state index in [0.29, 0.717) is 22.3 Å². The summed E-state index contributed by atoms with van der Waals surface area (Å²) in [4.78, 5) is 14.3. The van der Waals surface area contributed by atoms with Gasteiger partial charge in [0.15, 0.2) is 6.61 Å². The Hall–Kier alpha value is -1.36. The summed E-state index contributed by atoms with van der Waals surface area (Å²) in [6.45, 7) is 0.689. The van der Waals surface area contributed by atoms with Gasteiger partial charge in [-0.1, -0.05) is 53.5 Å². The van der Waals surface area contributed by atoms with Gasteiger partial charge in [-0.25, -0.2) is 0 Å². The molecule has 120 valence electrons. The van der Waals surface area contributed by atoms with Crippen LogP contribution in [0.1, 0.15) is 10.9 Å². The Morgan fingerprint density at radius 3 is 2.74 bits per heavy atom. The summed E-state index contributed by atoms with van der Waals surface area (Å²) in [7, 11) is 0. The Bertz CT molecular complexity index is 696. The van der Waals surface area contributed by atoms with Crippen molar-refractivity contribution in [3.8, 4) is 5.75 Å². The first kappa shape index (κ1) is 16.5. The number of carbonyl (C=O) groups excluding carboxylic acids is 1. The predicted octanol–water partition coefficient (Wildman–Crippen LogP) is 4.65. The highest BCUT2D eigenvalue weighted by Gasteiger charge is 2.32. The van der Waals surface area contributed by atoms with Gasteiger partial charge in [0.25, 0.3) is 5.91 Å². The van der Waals surface area contributed by atoms with Crippen LogP contribution in [0.3, 0.4) is 0 Å². The summed E-state index contributed by atoms with van der Waals surface area (Å²) in [6.07, 6.45) is 0. The van der Waals surface area contributed by atoms with Gasteiger partial charge in [0.2, 0.25) is 0 Å². The first-order chi connectivity index (χ1) is 11.2. The van der Waals surface area contributed by atoms with Crippen molar-refractivity contribution in [1.29, 1.82) is 0 Å². The Kier molecular flexibility index (Phi) is 5.36. The second-order valence-corrected chi connectivity index (χ2v) is 7.03. The molecule has 1 saturated heterocycles. The highest BCUT2D eigenvalue weighted by atomic mass is 35.5. The third kappa shape index (κ3) is 3.77. The minimum Gasteiger partial charge on any atom is -0.484 e. The Morgan fingerprint density at radius 2 is 1.96 bits per heavy atom. The highest BCUT2D eigenvalue weighted by molar-refractivity contribution is 7.99. The molecule has 1 aliphatic heterocycles. The summed E-state index contributed by atoms with van der Waals surface area (Å²) in [5.41, 5.74) is 0.870. The van der Waals surface area contributed by atoms with Gasteiger partial charge in [0, 0.05) is 17.9 Å². The van der Waals surface area contributed by atoms with E-state index in [9.17, 15) is 4.79 Å². The predicted molar refractivity (Wildman–Crippen MR) is 95.3 cm³/mol. The number of nitrogens with zero attached hydrogens (tertiary/aromatic N) is 1. The van der Waals surface area contributed by atoms with Gasteiger partial charge in [-0.15, -0.1) is 11.8 Å². The molecule has 2 aromatic carbocycles. The zero-order valence-electron chi connectivity index (χ0n) is 12.2. The topological polar surface area (TPSA) is 29.5 Å². The Morgan fingerprint density at radius 1 is 1.17 bits per heavy atom. The fourth-order valence-electron chi connectivity index (χ4n) is 2.44. The van der Waals surface area contributed by atoms with Gasteiger partial charge in [-0.2, -0.15) is 0 Å². The van der Waals surface area contributed by atoms with Crippen molar-refractivity contribution < 1.29 is 9.53 Å². The molecule has 0 unspecified atom stereocenters. The number of rotatable bonds is 4. The number of carbonyl (C=O) groups is 1. The van der Waals surface area contributed by atoms with Gasteiger partial charge in [0.05, 0.1) is 10.0 Å². The molecular weight excluding hydrogens is 353 g/mol. The molecule has 0 radical (unpaired) electrons. The van der Waals surface area contributed by atoms with E-state index in [2.05, 4.69) is 0 Å². The van der Waals surface area contributed by atoms with Crippen molar-refractivity contribution in [2.75, 3.05) is 18.9 Å². The lowest BCUT2D eigenvalue weighted by Gasteiger charge is -2.25. The van der Waals surface area contributed by atoms with E-state index in [1.165, 1.54) is 0 Å². The molecule has 0 N–H and O–H groups in total. The maximum atomic E-state index is 12.5. The molecule has 0 bridgehead atoms. The normalized spacial score (nSPS) is 17.3. The number of hydrogen-bond donors (Lipinski definition) is 0. The SMILES string of the molecule is O=C(COc1ccccc1)N1CCS[C@@H]1c1cccc(Cl)c1Cl. The van der Waals surface area contributed by atoms with Gasteiger partial charge in [0.1, 0.15) is 11.1 Å². The van der Waals surface area contributed by atoms with Gasteiger partial charge in [-0.3, -0.25) is 4.79 Å². The summed E-state index contributed by atoms with van der Waals surface area (Å²) < 4.78 is 5.56. The van der Waals surface area contributed by atoms with Crippen molar-refractivity contribution in [2.24, 2.45) is 0 Å². The highest BCUT2D eigenvalue weighted by Crippen LogP contribution is 2.42. The van der Waals surface area contributed by atoms with Crippen molar-refractivity contribution in [1.82, 2.24) is 4.90 Å². The molecule has 1 heterocycles. The van der Waals surface area contributed by atoms with Crippen LogP contribution in [0.2, 0.25) is 10.0 Å². The fourth-order valence-corrected chi connectivity index (χ4v) is 4.22. The molecule has 3 rings (SSSR count). The van der Waals surface area contributed by atoms with Crippen LogP contribution in [0.5, 0.6) is 5.75 Å². The van der Waals surface area contributed by atoms with Gasteiger partial charge in [-0.05, 0) is 18.2 Å². The molecule has 6 heteroatoms. The second kappa shape index (κ2) is 7.47. The zero-order valence-corrected chi connectivity index (χ0v) is 14.6. The van der Waals surface area contributed by atoms with Crippen LogP contribution < -0.4 is 4.74 Å². The molecule has 0 aromatic heterocycles. The molecular formula is C17H15Cl2NO2S. The molecule has 0 saturated carbocycles. The third-order valence-electron chi connectivity index (χ3n) is 3.56. The first-order valence-electron chi connectivity index (χ1n) is 7.19. The lowest BCUT2D eigenvalue weighted by atomic mass is 10.2. The first-order valence-corrected chi connectivity index (χ1v) is 9.00. The van der Waals surface area contributed by atoms with E-state index in [1.54, 1.807) is 22.7 Å². The number of para-hydroxylation sites is 1. The number of amides is 1. The van der Waals surface area contributed by atoms with Crippen molar-refractivity contribution in [3.05, 3.63) is 64.1 Å². The Labute approximate surface area is 149 Å². The van der Waals surface area contributed by atoms with Crippen LogP contribution in [0.15, 0.2) is 48.5 Å². The Balaban J connectivity index is 1.71. The van der Waals surface area contributed by atoms with Crippen LogP contribution in [0, 0.1) is 0 Å². The molecule has 3 nitrogen and oxygen atoms in total. The van der Waals surface area contributed by atoms with Crippen LogP contribution in [0.25, 0.3) is 0 Å². The maximum absolute atomic E-state index is 12.5. The average molecular weight is 368 g/mol. The second-order valence-electron chi connectivity index (χ2n) is 5.06. The standard InChI is InChI=1S/C17H15Cl2NO2S/c18-14-8-4-7-13(16(14)19)17-20(9-10-23-17)15(21)11-22-12-5-2-1-3-6-12/h1-8,17H,9-11H2/t17-/m1/s1. The molecule has 1 amide bonds. The number of ether oxygens (including phenoxy) is 1. The largest absolute Gasteiger partial charge is 0.484 e.